The number of ether oxygens (including phenoxy) is 1. The Morgan fingerprint density at radius 3 is 2.36 bits per heavy atom. The molecule has 2 aliphatic rings. The van der Waals surface area contributed by atoms with Crippen LogP contribution in [-0.2, 0) is 23.1 Å². The SMILES string of the molecule is NC(=O)C(c1ccccc1)(c1ccccc1)[C@@H]1CCN(CCc2cc(Br)c3c(c2)CCO3)C1. The summed E-state index contributed by atoms with van der Waals surface area (Å²) in [7, 11) is 0. The van der Waals surface area contributed by atoms with Crippen LogP contribution < -0.4 is 10.5 Å². The number of nitrogens with zero attached hydrogens (tertiary/aromatic N) is 1. The molecule has 0 saturated carbocycles. The summed E-state index contributed by atoms with van der Waals surface area (Å²) in [6, 6.07) is 24.6. The molecule has 0 aromatic heterocycles. The molecule has 5 rings (SSSR count). The molecule has 2 aliphatic heterocycles. The van der Waals surface area contributed by atoms with E-state index in [-0.39, 0.29) is 11.8 Å². The number of hydrogen-bond acceptors (Lipinski definition) is 3. The smallest absolute Gasteiger partial charge is 0.232 e. The van der Waals surface area contributed by atoms with Crippen LogP contribution in [0.2, 0.25) is 0 Å². The number of primary amides is 1. The molecule has 0 bridgehead atoms. The summed E-state index contributed by atoms with van der Waals surface area (Å²) in [5.74, 6) is 0.853. The van der Waals surface area contributed by atoms with Gasteiger partial charge in [-0.05, 0) is 69.6 Å². The third kappa shape index (κ3) is 4.09. The van der Waals surface area contributed by atoms with Crippen molar-refractivity contribution in [2.45, 2.75) is 24.7 Å². The van der Waals surface area contributed by atoms with Crippen molar-refractivity contribution in [2.24, 2.45) is 11.7 Å². The van der Waals surface area contributed by atoms with Crippen molar-refractivity contribution in [3.05, 3.63) is 99.5 Å². The van der Waals surface area contributed by atoms with Crippen LogP contribution in [0.15, 0.2) is 77.3 Å². The van der Waals surface area contributed by atoms with Gasteiger partial charge in [0, 0.05) is 19.5 Å². The molecular weight excluding hydrogens is 476 g/mol. The summed E-state index contributed by atoms with van der Waals surface area (Å²) in [5, 5.41) is 0. The molecule has 3 aromatic rings. The number of likely N-dealkylation sites (tertiary alicyclic amines) is 1. The molecule has 170 valence electrons. The zero-order valence-electron chi connectivity index (χ0n) is 18.7. The second kappa shape index (κ2) is 9.32. The molecule has 1 atom stereocenters. The molecule has 1 fully saturated rings. The fraction of sp³-hybridized carbons (Fsp3) is 0.321. The second-order valence-electron chi connectivity index (χ2n) is 9.10. The fourth-order valence-corrected chi connectivity index (χ4v) is 6.33. The minimum atomic E-state index is -0.828. The maximum atomic E-state index is 13.2. The van der Waals surface area contributed by atoms with Crippen LogP contribution in [0.5, 0.6) is 5.75 Å². The zero-order chi connectivity index (χ0) is 22.8. The standard InChI is InChI=1S/C28H29BrN2O2/c29-25-18-20(17-21-13-16-33-26(21)25)11-14-31-15-12-24(19-31)28(27(30)32,22-7-3-1-4-8-22)23-9-5-2-6-10-23/h1-10,17-18,24H,11-16,19H2,(H2,30,32)/t24-/m1/s1. The molecule has 0 unspecified atom stereocenters. The van der Waals surface area contributed by atoms with E-state index in [2.05, 4.69) is 33.0 Å². The number of nitrogens with two attached hydrogens (primary N) is 1. The third-order valence-corrected chi connectivity index (χ3v) is 7.84. The van der Waals surface area contributed by atoms with Gasteiger partial charge in [-0.3, -0.25) is 4.79 Å². The van der Waals surface area contributed by atoms with Crippen LogP contribution >= 0.6 is 15.9 Å². The zero-order valence-corrected chi connectivity index (χ0v) is 20.3. The van der Waals surface area contributed by atoms with Crippen LogP contribution in [0.1, 0.15) is 28.7 Å². The lowest BCUT2D eigenvalue weighted by atomic mass is 9.64. The molecular formula is C28H29BrN2O2. The van der Waals surface area contributed by atoms with Gasteiger partial charge in [0.1, 0.15) is 11.2 Å². The molecule has 1 saturated heterocycles. The number of fused-ring (bicyclic) bond motifs is 1. The van der Waals surface area contributed by atoms with Crippen molar-refractivity contribution in [1.82, 2.24) is 4.90 Å². The first-order valence-electron chi connectivity index (χ1n) is 11.7. The second-order valence-corrected chi connectivity index (χ2v) is 9.96. The number of carbonyl (C=O) groups excluding carboxylic acids is 1. The van der Waals surface area contributed by atoms with Crippen molar-refractivity contribution >= 4 is 21.8 Å². The van der Waals surface area contributed by atoms with Crippen LogP contribution in [-0.4, -0.2) is 37.0 Å². The predicted molar refractivity (Wildman–Crippen MR) is 134 cm³/mol. The Morgan fingerprint density at radius 2 is 1.73 bits per heavy atom. The topological polar surface area (TPSA) is 55.6 Å². The van der Waals surface area contributed by atoms with E-state index >= 15 is 0 Å². The summed E-state index contributed by atoms with van der Waals surface area (Å²) in [5.41, 5.74) is 9.97. The number of benzene rings is 3. The maximum absolute atomic E-state index is 13.2. The maximum Gasteiger partial charge on any atom is 0.232 e. The van der Waals surface area contributed by atoms with Crippen molar-refractivity contribution in [1.29, 1.82) is 0 Å². The molecule has 1 amide bonds. The Hall–Kier alpha value is -2.63. The van der Waals surface area contributed by atoms with E-state index in [0.29, 0.717) is 0 Å². The van der Waals surface area contributed by atoms with Gasteiger partial charge in [0.05, 0.1) is 11.1 Å². The van der Waals surface area contributed by atoms with E-state index in [4.69, 9.17) is 10.5 Å². The van der Waals surface area contributed by atoms with Gasteiger partial charge in [-0.1, -0.05) is 66.7 Å². The largest absolute Gasteiger partial charge is 0.492 e. The number of amides is 1. The van der Waals surface area contributed by atoms with E-state index < -0.39 is 5.41 Å². The van der Waals surface area contributed by atoms with E-state index in [1.807, 2.05) is 60.7 Å². The summed E-state index contributed by atoms with van der Waals surface area (Å²) in [6.45, 7) is 3.54. The van der Waals surface area contributed by atoms with Crippen LogP contribution in [0, 0.1) is 5.92 Å². The average Bonchev–Trinajstić information content (AvgIpc) is 3.50. The molecule has 2 N–H and O–H groups in total. The van der Waals surface area contributed by atoms with Gasteiger partial charge >= 0.3 is 0 Å². The number of halogens is 1. The van der Waals surface area contributed by atoms with Gasteiger partial charge in [-0.15, -0.1) is 0 Å². The number of rotatable bonds is 7. The minimum absolute atomic E-state index is 0.125. The van der Waals surface area contributed by atoms with Gasteiger partial charge in [-0.2, -0.15) is 0 Å². The molecule has 33 heavy (non-hydrogen) atoms. The number of hydrogen-bond donors (Lipinski definition) is 1. The Kier molecular flexibility index (Phi) is 6.26. The first-order chi connectivity index (χ1) is 16.1. The molecule has 2 heterocycles. The minimum Gasteiger partial charge on any atom is -0.492 e. The van der Waals surface area contributed by atoms with Crippen molar-refractivity contribution in [3.8, 4) is 5.75 Å². The average molecular weight is 505 g/mol. The quantitative estimate of drug-likeness (QED) is 0.506. The lowest BCUT2D eigenvalue weighted by Crippen LogP contribution is -2.49. The monoisotopic (exact) mass is 504 g/mol. The first kappa shape index (κ1) is 22.2. The molecule has 4 nitrogen and oxygen atoms in total. The van der Waals surface area contributed by atoms with Crippen molar-refractivity contribution in [3.63, 3.8) is 0 Å². The number of carbonyl (C=O) groups is 1. The molecule has 0 radical (unpaired) electrons. The lowest BCUT2D eigenvalue weighted by Gasteiger charge is -2.37. The highest BCUT2D eigenvalue weighted by Crippen LogP contribution is 2.43. The van der Waals surface area contributed by atoms with E-state index in [9.17, 15) is 4.79 Å². The highest BCUT2D eigenvalue weighted by atomic mass is 79.9. The fourth-order valence-electron chi connectivity index (χ4n) is 5.67. The summed E-state index contributed by atoms with van der Waals surface area (Å²) in [6.07, 6.45) is 2.89. The van der Waals surface area contributed by atoms with E-state index in [1.165, 1.54) is 11.1 Å². The molecule has 3 aromatic carbocycles. The van der Waals surface area contributed by atoms with Gasteiger partial charge in [0.15, 0.2) is 0 Å². The Balaban J connectivity index is 1.39. The Labute approximate surface area is 203 Å². The summed E-state index contributed by atoms with van der Waals surface area (Å²) in [4.78, 5) is 15.7. The lowest BCUT2D eigenvalue weighted by molar-refractivity contribution is -0.123. The van der Waals surface area contributed by atoms with Gasteiger partial charge in [0.25, 0.3) is 0 Å². The normalized spacial score (nSPS) is 18.2. The van der Waals surface area contributed by atoms with Crippen LogP contribution in [0.3, 0.4) is 0 Å². The molecule has 0 aliphatic carbocycles. The van der Waals surface area contributed by atoms with Crippen LogP contribution in [0.4, 0.5) is 0 Å². The third-order valence-electron chi connectivity index (χ3n) is 7.25. The predicted octanol–water partition coefficient (Wildman–Crippen LogP) is 4.72. The summed E-state index contributed by atoms with van der Waals surface area (Å²) >= 11 is 3.66. The Morgan fingerprint density at radius 1 is 1.06 bits per heavy atom. The van der Waals surface area contributed by atoms with Gasteiger partial charge in [-0.25, -0.2) is 0 Å². The van der Waals surface area contributed by atoms with Crippen molar-refractivity contribution < 1.29 is 9.53 Å². The Bertz CT molecular complexity index is 1090. The van der Waals surface area contributed by atoms with Crippen LogP contribution in [0.25, 0.3) is 0 Å². The summed E-state index contributed by atoms with van der Waals surface area (Å²) < 4.78 is 6.77. The van der Waals surface area contributed by atoms with Gasteiger partial charge in [0.2, 0.25) is 5.91 Å². The molecule has 5 heteroatoms. The highest BCUT2D eigenvalue weighted by molar-refractivity contribution is 9.10. The van der Waals surface area contributed by atoms with Crippen molar-refractivity contribution in [2.75, 3.05) is 26.2 Å². The molecule has 0 spiro atoms. The van der Waals surface area contributed by atoms with Gasteiger partial charge < -0.3 is 15.4 Å². The first-order valence-corrected chi connectivity index (χ1v) is 12.5. The van der Waals surface area contributed by atoms with E-state index in [1.54, 1.807) is 0 Å². The van der Waals surface area contributed by atoms with E-state index in [0.717, 1.165) is 66.9 Å². The highest BCUT2D eigenvalue weighted by Gasteiger charge is 2.49.